The zero-order chi connectivity index (χ0) is 21.3. The van der Waals surface area contributed by atoms with Crippen LogP contribution in [0.2, 0.25) is 0 Å². The van der Waals surface area contributed by atoms with E-state index in [1.165, 1.54) is 36.1 Å². The minimum atomic E-state index is -1.41. The Morgan fingerprint density at radius 3 is 2.45 bits per heavy atom. The molecule has 152 valence electrons. The lowest BCUT2D eigenvalue weighted by atomic mass is 9.92. The molecule has 10 nitrogen and oxygen atoms in total. The van der Waals surface area contributed by atoms with Crippen molar-refractivity contribution >= 4 is 23.5 Å². The van der Waals surface area contributed by atoms with Gasteiger partial charge in [-0.3, -0.25) is 24.6 Å². The summed E-state index contributed by atoms with van der Waals surface area (Å²) >= 11 is 0. The van der Waals surface area contributed by atoms with E-state index in [2.05, 4.69) is 5.32 Å². The van der Waals surface area contributed by atoms with Crippen LogP contribution in [0, 0.1) is 17.0 Å². The van der Waals surface area contributed by atoms with Crippen molar-refractivity contribution in [2.24, 2.45) is 0 Å². The number of likely N-dealkylation sites (N-methyl/N-ethyl adjacent to an activating group) is 1. The highest BCUT2D eigenvalue weighted by molar-refractivity contribution is 6.09. The first kappa shape index (κ1) is 20.1. The summed E-state index contributed by atoms with van der Waals surface area (Å²) < 4.78 is 5.43. The van der Waals surface area contributed by atoms with Crippen LogP contribution in [0.1, 0.15) is 24.0 Å². The highest BCUT2D eigenvalue weighted by atomic mass is 16.6. The fraction of sp³-hybridized carbons (Fsp3) is 0.316. The Hall–Kier alpha value is -3.69. The summed E-state index contributed by atoms with van der Waals surface area (Å²) in [6.45, 7) is 3.06. The summed E-state index contributed by atoms with van der Waals surface area (Å²) in [5.41, 5.74) is -1.16. The van der Waals surface area contributed by atoms with Crippen molar-refractivity contribution < 1.29 is 23.7 Å². The van der Waals surface area contributed by atoms with Gasteiger partial charge in [0.05, 0.1) is 11.5 Å². The zero-order valence-electron chi connectivity index (χ0n) is 16.2. The van der Waals surface area contributed by atoms with Crippen LogP contribution < -0.4 is 5.32 Å². The van der Waals surface area contributed by atoms with Gasteiger partial charge in [0.1, 0.15) is 23.6 Å². The Bertz CT molecular complexity index is 983. The highest BCUT2D eigenvalue weighted by Crippen LogP contribution is 2.30. The second-order valence-corrected chi connectivity index (χ2v) is 7.01. The van der Waals surface area contributed by atoms with E-state index < -0.39 is 34.9 Å². The molecule has 3 rings (SSSR count). The number of aryl methyl sites for hydroxylation is 1. The number of nitrogens with one attached hydrogen (secondary N) is 1. The third kappa shape index (κ3) is 3.82. The first-order valence-electron chi connectivity index (χ1n) is 8.80. The van der Waals surface area contributed by atoms with Crippen molar-refractivity contribution in [1.29, 1.82) is 0 Å². The minimum Gasteiger partial charge on any atom is -0.464 e. The van der Waals surface area contributed by atoms with Gasteiger partial charge < -0.3 is 14.6 Å². The number of hydrogen-bond acceptors (Lipinski definition) is 6. The number of nitro groups is 1. The standard InChI is InChI=1S/C19H20N4O6/c1-12-4-9-15(29-12)10-21(3)16(24)11-22-17(25)19(2,20-18(22)26)13-5-7-14(8-6-13)23(27)28/h4-9H,10-11H2,1-3H3,(H,20,26). The molecule has 1 unspecified atom stereocenters. The van der Waals surface area contributed by atoms with Gasteiger partial charge in [-0.2, -0.15) is 0 Å². The fourth-order valence-corrected chi connectivity index (χ4v) is 3.10. The molecule has 1 fully saturated rings. The van der Waals surface area contributed by atoms with E-state index in [9.17, 15) is 24.5 Å². The quantitative estimate of drug-likeness (QED) is 0.448. The van der Waals surface area contributed by atoms with Crippen molar-refractivity contribution in [3.63, 3.8) is 0 Å². The van der Waals surface area contributed by atoms with Crippen molar-refractivity contribution in [3.05, 3.63) is 63.6 Å². The smallest absolute Gasteiger partial charge is 0.325 e. The van der Waals surface area contributed by atoms with Gasteiger partial charge in [0.2, 0.25) is 5.91 Å². The van der Waals surface area contributed by atoms with Gasteiger partial charge in [0.25, 0.3) is 11.6 Å². The average molecular weight is 400 g/mol. The molecule has 10 heteroatoms. The summed E-state index contributed by atoms with van der Waals surface area (Å²) in [5, 5.41) is 13.4. The molecule has 1 N–H and O–H groups in total. The molecule has 0 saturated carbocycles. The molecule has 1 aliphatic heterocycles. The number of urea groups is 1. The first-order valence-corrected chi connectivity index (χ1v) is 8.80. The van der Waals surface area contributed by atoms with Crippen LogP contribution in [0.3, 0.4) is 0 Å². The third-order valence-electron chi connectivity index (χ3n) is 4.84. The second-order valence-electron chi connectivity index (χ2n) is 7.01. The Balaban J connectivity index is 1.72. The topological polar surface area (TPSA) is 126 Å². The number of benzene rings is 1. The number of nitro benzene ring substituents is 1. The first-order chi connectivity index (χ1) is 13.6. The summed E-state index contributed by atoms with van der Waals surface area (Å²) in [5.74, 6) is 0.266. The molecular formula is C19H20N4O6. The maximum atomic E-state index is 12.9. The van der Waals surface area contributed by atoms with E-state index in [0.29, 0.717) is 17.1 Å². The molecule has 2 heterocycles. The molecule has 1 aromatic carbocycles. The fourth-order valence-electron chi connectivity index (χ4n) is 3.10. The Morgan fingerprint density at radius 1 is 1.24 bits per heavy atom. The van der Waals surface area contributed by atoms with Gasteiger partial charge in [-0.05, 0) is 43.7 Å². The number of amides is 4. The lowest BCUT2D eigenvalue weighted by Crippen LogP contribution is -2.43. The molecule has 1 saturated heterocycles. The van der Waals surface area contributed by atoms with E-state index in [-0.39, 0.29) is 12.2 Å². The molecule has 0 spiro atoms. The minimum absolute atomic E-state index is 0.129. The van der Waals surface area contributed by atoms with Crippen molar-refractivity contribution in [2.75, 3.05) is 13.6 Å². The molecular weight excluding hydrogens is 380 g/mol. The second kappa shape index (κ2) is 7.38. The monoisotopic (exact) mass is 400 g/mol. The summed E-state index contributed by atoms with van der Waals surface area (Å²) in [6.07, 6.45) is 0. The van der Waals surface area contributed by atoms with Crippen LogP contribution >= 0.6 is 0 Å². The number of furan rings is 1. The van der Waals surface area contributed by atoms with E-state index >= 15 is 0 Å². The van der Waals surface area contributed by atoms with E-state index in [1.807, 2.05) is 0 Å². The molecule has 1 aromatic heterocycles. The number of hydrogen-bond donors (Lipinski definition) is 1. The SMILES string of the molecule is Cc1ccc(CN(C)C(=O)CN2C(=O)NC(C)(c3ccc([N+](=O)[O-])cc3)C2=O)o1. The average Bonchev–Trinajstić information content (AvgIpc) is 3.18. The Labute approximate surface area is 166 Å². The summed E-state index contributed by atoms with van der Waals surface area (Å²) in [7, 11) is 1.55. The number of imide groups is 1. The van der Waals surface area contributed by atoms with Crippen LogP contribution in [0.15, 0.2) is 40.8 Å². The predicted molar refractivity (Wildman–Crippen MR) is 101 cm³/mol. The Kier molecular flexibility index (Phi) is 5.10. The van der Waals surface area contributed by atoms with Crippen LogP contribution in [-0.2, 0) is 21.7 Å². The number of rotatable bonds is 6. The van der Waals surface area contributed by atoms with E-state index in [0.717, 1.165) is 4.90 Å². The van der Waals surface area contributed by atoms with Crippen LogP contribution in [-0.4, -0.2) is 46.2 Å². The molecule has 2 aromatic rings. The highest BCUT2D eigenvalue weighted by Gasteiger charge is 2.49. The van der Waals surface area contributed by atoms with E-state index in [1.54, 1.807) is 26.1 Å². The molecule has 0 radical (unpaired) electrons. The van der Waals surface area contributed by atoms with Crippen LogP contribution in [0.4, 0.5) is 10.5 Å². The van der Waals surface area contributed by atoms with Crippen molar-refractivity contribution in [2.45, 2.75) is 25.9 Å². The molecule has 1 aliphatic rings. The zero-order valence-corrected chi connectivity index (χ0v) is 16.2. The predicted octanol–water partition coefficient (Wildman–Crippen LogP) is 1.92. The maximum Gasteiger partial charge on any atom is 0.325 e. The number of carbonyl (C=O) groups excluding carboxylic acids is 3. The number of non-ortho nitro benzene ring substituents is 1. The number of carbonyl (C=O) groups is 3. The normalized spacial score (nSPS) is 18.7. The lowest BCUT2D eigenvalue weighted by Gasteiger charge is -2.23. The largest absolute Gasteiger partial charge is 0.464 e. The molecule has 1 atom stereocenters. The van der Waals surface area contributed by atoms with Gasteiger partial charge in [0.15, 0.2) is 0 Å². The van der Waals surface area contributed by atoms with Gasteiger partial charge in [-0.1, -0.05) is 0 Å². The van der Waals surface area contributed by atoms with Crippen LogP contribution in [0.5, 0.6) is 0 Å². The summed E-state index contributed by atoms with van der Waals surface area (Å²) in [6, 6.07) is 8.16. The van der Waals surface area contributed by atoms with Gasteiger partial charge in [0, 0.05) is 19.2 Å². The van der Waals surface area contributed by atoms with Gasteiger partial charge in [-0.25, -0.2) is 4.79 Å². The maximum absolute atomic E-state index is 12.9. The third-order valence-corrected chi connectivity index (χ3v) is 4.84. The molecule has 4 amide bonds. The van der Waals surface area contributed by atoms with Crippen molar-refractivity contribution in [1.82, 2.24) is 15.1 Å². The number of nitrogens with zero attached hydrogens (tertiary/aromatic N) is 3. The Morgan fingerprint density at radius 2 is 1.90 bits per heavy atom. The van der Waals surface area contributed by atoms with Crippen LogP contribution in [0.25, 0.3) is 0 Å². The van der Waals surface area contributed by atoms with E-state index in [4.69, 9.17) is 4.42 Å². The molecule has 0 aliphatic carbocycles. The molecule has 0 bridgehead atoms. The molecule has 29 heavy (non-hydrogen) atoms. The lowest BCUT2D eigenvalue weighted by molar-refractivity contribution is -0.384. The van der Waals surface area contributed by atoms with Gasteiger partial charge in [-0.15, -0.1) is 0 Å². The summed E-state index contributed by atoms with van der Waals surface area (Å²) in [4.78, 5) is 50.2. The van der Waals surface area contributed by atoms with Crippen molar-refractivity contribution in [3.8, 4) is 0 Å². The van der Waals surface area contributed by atoms with Gasteiger partial charge >= 0.3 is 6.03 Å².